The molecule has 226 valence electrons. The first-order valence-corrected chi connectivity index (χ1v) is 17.1. The van der Waals surface area contributed by atoms with Gasteiger partial charge in [-0.15, -0.1) is 0 Å². The van der Waals surface area contributed by atoms with E-state index in [0.717, 1.165) is 64.1 Å². The third kappa shape index (κ3) is 6.07. The zero-order valence-corrected chi connectivity index (χ0v) is 25.3. The number of carbonyl (C=O) groups excluding carboxylic acids is 2. The number of piperidine rings is 1. The standard InChI is InChI=1S/C32H42N4O5S/c1-42(39,40)28-9-7-25(8-10-28)21-35-16-13-32(30(35)37)11-14-33(15-12-32)22-27-23-36(31(38)34-17-19-41-20-18-34)24-29(27)26-5-3-2-4-6-26/h2-10,27,29H,11-24H2,1H3. The molecule has 0 aromatic heterocycles. The van der Waals surface area contributed by atoms with E-state index in [9.17, 15) is 18.0 Å². The molecule has 10 heteroatoms. The Morgan fingerprint density at radius 3 is 2.21 bits per heavy atom. The summed E-state index contributed by atoms with van der Waals surface area (Å²) in [5, 5.41) is 0. The number of morpholine rings is 1. The molecule has 3 amide bonds. The van der Waals surface area contributed by atoms with Crippen LogP contribution in [0.15, 0.2) is 59.5 Å². The first-order valence-electron chi connectivity index (χ1n) is 15.2. The number of nitrogens with zero attached hydrogens (tertiary/aromatic N) is 4. The highest BCUT2D eigenvalue weighted by Crippen LogP contribution is 2.43. The maximum Gasteiger partial charge on any atom is 0.320 e. The summed E-state index contributed by atoms with van der Waals surface area (Å²) < 4.78 is 29.0. The molecule has 1 spiro atoms. The zero-order chi connectivity index (χ0) is 29.3. The Morgan fingerprint density at radius 1 is 0.881 bits per heavy atom. The summed E-state index contributed by atoms with van der Waals surface area (Å²) >= 11 is 0. The minimum absolute atomic E-state index is 0.127. The van der Waals surface area contributed by atoms with Crippen LogP contribution in [0.1, 0.15) is 36.3 Å². The van der Waals surface area contributed by atoms with Gasteiger partial charge >= 0.3 is 6.03 Å². The van der Waals surface area contributed by atoms with Crippen LogP contribution >= 0.6 is 0 Å². The largest absolute Gasteiger partial charge is 0.378 e. The number of amides is 3. The van der Waals surface area contributed by atoms with Gasteiger partial charge in [0, 0.05) is 58.0 Å². The number of rotatable bonds is 6. The Hall–Kier alpha value is -2.95. The number of carbonyl (C=O) groups is 2. The number of hydrogen-bond acceptors (Lipinski definition) is 6. The Labute approximate surface area is 249 Å². The van der Waals surface area contributed by atoms with Gasteiger partial charge in [0.05, 0.1) is 23.5 Å². The fourth-order valence-electron chi connectivity index (χ4n) is 7.31. The molecule has 0 bridgehead atoms. The third-order valence-corrected chi connectivity index (χ3v) is 11.0. The molecular weight excluding hydrogens is 552 g/mol. The van der Waals surface area contributed by atoms with Gasteiger partial charge in [0.2, 0.25) is 5.91 Å². The van der Waals surface area contributed by atoms with Gasteiger partial charge in [-0.25, -0.2) is 13.2 Å². The summed E-state index contributed by atoms with van der Waals surface area (Å²) in [4.78, 5) is 35.7. The highest BCUT2D eigenvalue weighted by Gasteiger charge is 2.48. The Kier molecular flexibility index (Phi) is 8.31. The van der Waals surface area contributed by atoms with Crippen LogP contribution in [-0.2, 0) is 25.9 Å². The molecule has 2 unspecified atom stereocenters. The van der Waals surface area contributed by atoms with Crippen LogP contribution in [0.25, 0.3) is 0 Å². The first kappa shape index (κ1) is 29.1. The molecule has 0 saturated carbocycles. The highest BCUT2D eigenvalue weighted by atomic mass is 32.2. The zero-order valence-electron chi connectivity index (χ0n) is 24.5. The van der Waals surface area contributed by atoms with Crippen molar-refractivity contribution >= 4 is 21.8 Å². The van der Waals surface area contributed by atoms with E-state index < -0.39 is 9.84 Å². The lowest BCUT2D eigenvalue weighted by Gasteiger charge is -2.39. The lowest BCUT2D eigenvalue weighted by molar-refractivity contribution is -0.139. The van der Waals surface area contributed by atoms with E-state index in [1.54, 1.807) is 12.1 Å². The SMILES string of the molecule is CS(=O)(=O)c1ccc(CN2CCC3(CCN(CC4CN(C(=O)N5CCOCC5)CC4c4ccccc4)CC3)C2=O)cc1. The monoisotopic (exact) mass is 594 g/mol. The molecule has 9 nitrogen and oxygen atoms in total. The summed E-state index contributed by atoms with van der Waals surface area (Å²) in [5.41, 5.74) is 1.95. The second kappa shape index (κ2) is 12.0. The molecule has 4 saturated heterocycles. The molecule has 4 fully saturated rings. The van der Waals surface area contributed by atoms with Crippen molar-refractivity contribution in [3.63, 3.8) is 0 Å². The van der Waals surface area contributed by atoms with E-state index in [-0.39, 0.29) is 17.4 Å². The molecule has 4 heterocycles. The summed E-state index contributed by atoms with van der Waals surface area (Å²) in [5.74, 6) is 0.876. The number of benzene rings is 2. The van der Waals surface area contributed by atoms with E-state index in [1.807, 2.05) is 32.9 Å². The van der Waals surface area contributed by atoms with Gasteiger partial charge in [0.1, 0.15) is 0 Å². The summed E-state index contributed by atoms with van der Waals surface area (Å²) in [6.07, 6.45) is 3.79. The van der Waals surface area contributed by atoms with Crippen molar-refractivity contribution in [3.8, 4) is 0 Å². The first-order chi connectivity index (χ1) is 20.2. The molecule has 42 heavy (non-hydrogen) atoms. The Bertz CT molecular complexity index is 1370. The van der Waals surface area contributed by atoms with Crippen molar-refractivity contribution in [1.29, 1.82) is 0 Å². The fourth-order valence-corrected chi connectivity index (χ4v) is 7.94. The second-order valence-corrected chi connectivity index (χ2v) is 14.6. The van der Waals surface area contributed by atoms with Crippen molar-refractivity contribution in [2.75, 3.05) is 71.8 Å². The molecule has 4 aliphatic rings. The van der Waals surface area contributed by atoms with Crippen LogP contribution in [0.5, 0.6) is 0 Å². The van der Waals surface area contributed by atoms with Crippen LogP contribution in [0, 0.1) is 11.3 Å². The molecule has 2 aromatic rings. The molecule has 4 aliphatic heterocycles. The number of hydrogen-bond donors (Lipinski definition) is 0. The smallest absolute Gasteiger partial charge is 0.320 e. The summed E-state index contributed by atoms with van der Waals surface area (Å²) in [6.45, 7) is 7.96. The predicted octanol–water partition coefficient (Wildman–Crippen LogP) is 3.07. The van der Waals surface area contributed by atoms with Gasteiger partial charge in [-0.05, 0) is 61.5 Å². The number of ether oxygens (including phenoxy) is 1. The maximum atomic E-state index is 13.6. The van der Waals surface area contributed by atoms with Crippen molar-refractivity contribution in [3.05, 3.63) is 65.7 Å². The van der Waals surface area contributed by atoms with Crippen LogP contribution in [-0.4, -0.2) is 112 Å². The fraction of sp³-hybridized carbons (Fsp3) is 0.562. The summed E-state index contributed by atoms with van der Waals surface area (Å²) in [6, 6.07) is 17.6. The minimum atomic E-state index is -3.24. The molecule has 2 aromatic carbocycles. The molecule has 6 rings (SSSR count). The van der Waals surface area contributed by atoms with Crippen LogP contribution < -0.4 is 0 Å². The third-order valence-electron chi connectivity index (χ3n) is 9.85. The number of urea groups is 1. The highest BCUT2D eigenvalue weighted by molar-refractivity contribution is 7.90. The average molecular weight is 595 g/mol. The van der Waals surface area contributed by atoms with E-state index in [1.165, 1.54) is 11.8 Å². The second-order valence-electron chi connectivity index (χ2n) is 12.5. The van der Waals surface area contributed by atoms with Crippen LogP contribution in [0.4, 0.5) is 4.79 Å². The molecule has 0 radical (unpaired) electrons. The van der Waals surface area contributed by atoms with Gasteiger partial charge in [-0.3, -0.25) is 4.79 Å². The topological polar surface area (TPSA) is 90.5 Å². The van der Waals surface area contributed by atoms with Gasteiger partial charge in [0.15, 0.2) is 9.84 Å². The normalized spacial score (nSPS) is 25.0. The summed E-state index contributed by atoms with van der Waals surface area (Å²) in [7, 11) is -3.24. The van der Waals surface area contributed by atoms with E-state index in [0.29, 0.717) is 49.6 Å². The van der Waals surface area contributed by atoms with Gasteiger partial charge in [-0.2, -0.15) is 0 Å². The Morgan fingerprint density at radius 2 is 1.55 bits per heavy atom. The van der Waals surface area contributed by atoms with Crippen molar-refractivity contribution < 1.29 is 22.7 Å². The Balaban J connectivity index is 1.07. The average Bonchev–Trinajstić information content (AvgIpc) is 3.56. The lowest BCUT2D eigenvalue weighted by atomic mass is 9.76. The molecular formula is C32H42N4O5S. The van der Waals surface area contributed by atoms with Gasteiger partial charge in [-0.1, -0.05) is 42.5 Å². The van der Waals surface area contributed by atoms with Crippen LogP contribution in [0.3, 0.4) is 0 Å². The van der Waals surface area contributed by atoms with Crippen molar-refractivity contribution in [1.82, 2.24) is 19.6 Å². The number of likely N-dealkylation sites (tertiary alicyclic amines) is 3. The maximum absolute atomic E-state index is 13.6. The number of sulfone groups is 1. The van der Waals surface area contributed by atoms with E-state index >= 15 is 0 Å². The van der Waals surface area contributed by atoms with Crippen molar-refractivity contribution in [2.24, 2.45) is 11.3 Å². The minimum Gasteiger partial charge on any atom is -0.378 e. The molecule has 0 N–H and O–H groups in total. The quantitative estimate of drug-likeness (QED) is 0.511. The van der Waals surface area contributed by atoms with Gasteiger partial charge < -0.3 is 24.3 Å². The molecule has 0 aliphatic carbocycles. The van der Waals surface area contributed by atoms with E-state index in [4.69, 9.17) is 4.74 Å². The predicted molar refractivity (Wildman–Crippen MR) is 160 cm³/mol. The lowest BCUT2D eigenvalue weighted by Crippen LogP contribution is -2.48. The van der Waals surface area contributed by atoms with Crippen LogP contribution in [0.2, 0.25) is 0 Å². The molecule has 2 atom stereocenters. The van der Waals surface area contributed by atoms with E-state index in [2.05, 4.69) is 29.2 Å². The van der Waals surface area contributed by atoms with Crippen molar-refractivity contribution in [2.45, 2.75) is 36.6 Å². The van der Waals surface area contributed by atoms with Gasteiger partial charge in [0.25, 0.3) is 0 Å².